The van der Waals surface area contributed by atoms with Gasteiger partial charge in [0.05, 0.1) is 17.8 Å². The third-order valence-corrected chi connectivity index (χ3v) is 6.89. The molecule has 1 aliphatic rings. The summed E-state index contributed by atoms with van der Waals surface area (Å²) >= 11 is 5.92. The van der Waals surface area contributed by atoms with E-state index in [1.807, 2.05) is 36.8 Å². The highest BCUT2D eigenvalue weighted by molar-refractivity contribution is 7.80. The van der Waals surface area contributed by atoms with Crippen LogP contribution in [0.5, 0.6) is 0 Å². The Labute approximate surface area is 206 Å². The molecule has 2 atom stereocenters. The summed E-state index contributed by atoms with van der Waals surface area (Å²) in [5, 5.41) is 4.31. The van der Waals surface area contributed by atoms with Gasteiger partial charge in [-0.15, -0.1) is 0 Å². The Kier molecular flexibility index (Phi) is 5.92. The average molecular weight is 468 g/mol. The molecule has 4 aromatic rings. The average Bonchev–Trinajstić information content (AvgIpc) is 3.30. The Morgan fingerprint density at radius 2 is 1.74 bits per heavy atom. The minimum atomic E-state index is -0.0538. The standard InChI is InChI=1S/C28H29N5S/c1-18-12-19(2)14-23(13-18)33-27(26(31-28(33)34)25-9-5-6-11-30-25)24-15-20(3)32(21(24)4)17-22-8-7-10-29-16-22/h5-16,26-27H,17H2,1-4H3,(H,31,34). The van der Waals surface area contributed by atoms with Gasteiger partial charge in [0.15, 0.2) is 5.11 Å². The number of benzene rings is 1. The summed E-state index contributed by atoms with van der Waals surface area (Å²) in [5.41, 5.74) is 9.42. The van der Waals surface area contributed by atoms with Crippen LogP contribution in [0.1, 0.15) is 51.4 Å². The Hall–Kier alpha value is -3.51. The third kappa shape index (κ3) is 4.10. The van der Waals surface area contributed by atoms with Gasteiger partial charge in [0.1, 0.15) is 0 Å². The molecule has 5 rings (SSSR count). The van der Waals surface area contributed by atoms with Crippen molar-refractivity contribution in [2.75, 3.05) is 4.90 Å². The van der Waals surface area contributed by atoms with Crippen LogP contribution in [0.25, 0.3) is 0 Å². The minimum Gasteiger partial charge on any atom is -0.351 e. The first kappa shape index (κ1) is 22.3. The van der Waals surface area contributed by atoms with Gasteiger partial charge >= 0.3 is 0 Å². The van der Waals surface area contributed by atoms with Gasteiger partial charge in [-0.05, 0) is 98.6 Å². The normalized spacial score (nSPS) is 17.8. The summed E-state index contributed by atoms with van der Waals surface area (Å²) in [6, 6.07) is 19.0. The second-order valence-corrected chi connectivity index (χ2v) is 9.50. The Morgan fingerprint density at radius 1 is 0.941 bits per heavy atom. The molecule has 0 saturated carbocycles. The monoisotopic (exact) mass is 467 g/mol. The minimum absolute atomic E-state index is 0.0163. The lowest BCUT2D eigenvalue weighted by atomic mass is 9.96. The molecule has 1 fully saturated rings. The molecule has 6 heteroatoms. The van der Waals surface area contributed by atoms with Crippen molar-refractivity contribution >= 4 is 23.0 Å². The molecule has 0 aliphatic carbocycles. The lowest BCUT2D eigenvalue weighted by molar-refractivity contribution is 0.563. The zero-order valence-corrected chi connectivity index (χ0v) is 20.8. The van der Waals surface area contributed by atoms with E-state index >= 15 is 0 Å². The SMILES string of the molecule is Cc1cc(C)cc(N2C(=S)NC(c3ccccn3)C2c2cc(C)n(Cc3cccnc3)c2C)c1. The van der Waals surface area contributed by atoms with Crippen molar-refractivity contribution in [1.29, 1.82) is 0 Å². The summed E-state index contributed by atoms with van der Waals surface area (Å²) in [7, 11) is 0. The van der Waals surface area contributed by atoms with Crippen LogP contribution in [0.2, 0.25) is 0 Å². The first-order chi connectivity index (χ1) is 16.4. The van der Waals surface area contributed by atoms with E-state index < -0.39 is 0 Å². The van der Waals surface area contributed by atoms with E-state index in [1.165, 1.54) is 33.6 Å². The number of thiocarbonyl (C=S) groups is 1. The van der Waals surface area contributed by atoms with Crippen molar-refractivity contribution in [1.82, 2.24) is 19.9 Å². The van der Waals surface area contributed by atoms with Crippen molar-refractivity contribution in [3.8, 4) is 0 Å². The first-order valence-corrected chi connectivity index (χ1v) is 12.0. The predicted molar refractivity (Wildman–Crippen MR) is 141 cm³/mol. The van der Waals surface area contributed by atoms with Gasteiger partial charge in [-0.3, -0.25) is 9.97 Å². The number of hydrogen-bond donors (Lipinski definition) is 1. The molecule has 34 heavy (non-hydrogen) atoms. The van der Waals surface area contributed by atoms with Crippen LogP contribution in [0.4, 0.5) is 5.69 Å². The van der Waals surface area contributed by atoms with E-state index in [4.69, 9.17) is 17.2 Å². The molecule has 2 unspecified atom stereocenters. The quantitative estimate of drug-likeness (QED) is 0.380. The van der Waals surface area contributed by atoms with Gasteiger partial charge in [0, 0.05) is 42.2 Å². The summed E-state index contributed by atoms with van der Waals surface area (Å²) in [5.74, 6) is 0. The van der Waals surface area contributed by atoms with Crippen LogP contribution in [0, 0.1) is 27.7 Å². The van der Waals surface area contributed by atoms with Crippen LogP contribution >= 0.6 is 12.2 Å². The molecule has 3 aromatic heterocycles. The van der Waals surface area contributed by atoms with Crippen LogP contribution in [-0.4, -0.2) is 19.6 Å². The van der Waals surface area contributed by atoms with E-state index in [0.29, 0.717) is 0 Å². The van der Waals surface area contributed by atoms with Crippen molar-refractivity contribution in [2.45, 2.75) is 46.3 Å². The number of nitrogens with zero attached hydrogens (tertiary/aromatic N) is 4. The molecule has 172 valence electrons. The fraction of sp³-hybridized carbons (Fsp3) is 0.250. The van der Waals surface area contributed by atoms with Crippen molar-refractivity contribution in [3.63, 3.8) is 0 Å². The lowest BCUT2D eigenvalue weighted by Crippen LogP contribution is -2.29. The molecule has 5 nitrogen and oxygen atoms in total. The van der Waals surface area contributed by atoms with Gasteiger partial charge in [0.25, 0.3) is 0 Å². The summed E-state index contributed by atoms with van der Waals surface area (Å²) in [6.45, 7) is 9.43. The number of aromatic nitrogens is 3. The van der Waals surface area contributed by atoms with Crippen LogP contribution in [-0.2, 0) is 6.54 Å². The van der Waals surface area contributed by atoms with E-state index in [9.17, 15) is 0 Å². The van der Waals surface area contributed by atoms with Gasteiger partial charge in [-0.25, -0.2) is 0 Å². The maximum atomic E-state index is 5.92. The Morgan fingerprint density at radius 3 is 2.41 bits per heavy atom. The van der Waals surface area contributed by atoms with Crippen LogP contribution < -0.4 is 10.2 Å². The van der Waals surface area contributed by atoms with E-state index in [0.717, 1.165) is 23.0 Å². The molecular formula is C28H29N5S. The molecule has 0 spiro atoms. The van der Waals surface area contributed by atoms with E-state index in [-0.39, 0.29) is 12.1 Å². The van der Waals surface area contributed by atoms with Gasteiger partial charge in [-0.1, -0.05) is 18.2 Å². The molecule has 0 radical (unpaired) electrons. The molecule has 4 heterocycles. The van der Waals surface area contributed by atoms with Gasteiger partial charge < -0.3 is 14.8 Å². The second kappa shape index (κ2) is 9.03. The van der Waals surface area contributed by atoms with Gasteiger partial charge in [0.2, 0.25) is 0 Å². The van der Waals surface area contributed by atoms with Crippen molar-refractivity contribution in [3.05, 3.63) is 113 Å². The second-order valence-electron chi connectivity index (χ2n) is 9.12. The number of hydrogen-bond acceptors (Lipinski definition) is 3. The maximum absolute atomic E-state index is 5.92. The Bertz CT molecular complexity index is 1310. The van der Waals surface area contributed by atoms with Crippen molar-refractivity contribution in [2.24, 2.45) is 0 Å². The summed E-state index contributed by atoms with van der Waals surface area (Å²) in [4.78, 5) is 11.3. The van der Waals surface area contributed by atoms with Crippen molar-refractivity contribution < 1.29 is 0 Å². The number of anilines is 1. The number of pyridine rings is 2. The lowest BCUT2D eigenvalue weighted by Gasteiger charge is -2.29. The zero-order valence-electron chi connectivity index (χ0n) is 20.0. The topological polar surface area (TPSA) is 46.0 Å². The van der Waals surface area contributed by atoms with Crippen LogP contribution in [0.3, 0.4) is 0 Å². The highest BCUT2D eigenvalue weighted by Crippen LogP contribution is 2.43. The zero-order chi connectivity index (χ0) is 23.8. The fourth-order valence-corrected chi connectivity index (χ4v) is 5.43. The number of rotatable bonds is 5. The Balaban J connectivity index is 1.64. The summed E-state index contributed by atoms with van der Waals surface area (Å²) < 4.78 is 2.36. The highest BCUT2D eigenvalue weighted by atomic mass is 32.1. The fourth-order valence-electron chi connectivity index (χ4n) is 5.08. The number of aryl methyl sites for hydroxylation is 3. The molecule has 0 bridgehead atoms. The molecule has 1 aliphatic heterocycles. The summed E-state index contributed by atoms with van der Waals surface area (Å²) in [6.07, 6.45) is 5.60. The van der Waals surface area contributed by atoms with Crippen LogP contribution in [0.15, 0.2) is 73.2 Å². The van der Waals surface area contributed by atoms with E-state index in [2.05, 4.69) is 83.9 Å². The molecule has 1 aromatic carbocycles. The number of nitrogens with one attached hydrogen (secondary N) is 1. The first-order valence-electron chi connectivity index (χ1n) is 11.6. The largest absolute Gasteiger partial charge is 0.351 e. The molecule has 1 saturated heterocycles. The highest BCUT2D eigenvalue weighted by Gasteiger charge is 2.42. The molecular weight excluding hydrogens is 438 g/mol. The third-order valence-electron chi connectivity index (χ3n) is 6.58. The predicted octanol–water partition coefficient (Wildman–Crippen LogP) is 5.74. The molecule has 0 amide bonds. The van der Waals surface area contributed by atoms with E-state index in [1.54, 1.807) is 0 Å². The maximum Gasteiger partial charge on any atom is 0.174 e. The van der Waals surface area contributed by atoms with Gasteiger partial charge in [-0.2, -0.15) is 0 Å². The smallest absolute Gasteiger partial charge is 0.174 e. The molecule has 1 N–H and O–H groups in total.